The summed E-state index contributed by atoms with van der Waals surface area (Å²) >= 11 is 0. The second kappa shape index (κ2) is 12.6. The summed E-state index contributed by atoms with van der Waals surface area (Å²) in [5, 5.41) is 5.94. The number of aryl methyl sites for hydroxylation is 1. The highest BCUT2D eigenvalue weighted by atomic mass is 16.6. The summed E-state index contributed by atoms with van der Waals surface area (Å²) in [6.07, 6.45) is -1.41. The van der Waals surface area contributed by atoms with Gasteiger partial charge in [-0.15, -0.1) is 0 Å². The van der Waals surface area contributed by atoms with Gasteiger partial charge in [0.2, 0.25) is 5.91 Å². The number of benzene rings is 4. The lowest BCUT2D eigenvalue weighted by atomic mass is 9.99. The molecule has 1 heterocycles. The Morgan fingerprint density at radius 3 is 2.33 bits per heavy atom. The summed E-state index contributed by atoms with van der Waals surface area (Å²) in [4.78, 5) is 41.2. The number of rotatable bonds is 9. The van der Waals surface area contributed by atoms with E-state index in [2.05, 4.69) is 10.6 Å². The van der Waals surface area contributed by atoms with Gasteiger partial charge < -0.3 is 20.1 Å². The zero-order valence-corrected chi connectivity index (χ0v) is 23.7. The van der Waals surface area contributed by atoms with Crippen LogP contribution in [-0.2, 0) is 16.1 Å². The van der Waals surface area contributed by atoms with Crippen LogP contribution in [0.25, 0.3) is 0 Å². The van der Waals surface area contributed by atoms with Crippen molar-refractivity contribution in [3.05, 3.63) is 131 Å². The van der Waals surface area contributed by atoms with Gasteiger partial charge in [-0.2, -0.15) is 0 Å². The fourth-order valence-corrected chi connectivity index (χ4v) is 4.95. The number of cyclic esters (lactones) is 1. The number of hydrogen-bond acceptors (Lipinski definition) is 5. The molecular weight excluding hydrogens is 530 g/mol. The van der Waals surface area contributed by atoms with Gasteiger partial charge in [0.05, 0.1) is 19.7 Å². The maximum Gasteiger partial charge on any atom is 0.411 e. The van der Waals surface area contributed by atoms with E-state index in [9.17, 15) is 14.4 Å². The monoisotopic (exact) mass is 563 g/mol. The SMILES string of the molecule is COc1cccc(C(=O)Nc2ccc(C3OC(=O)N(Cc4ccc(C)cc4)C3C(=O)NC(C)c3ccccc3)cc2)c1. The lowest BCUT2D eigenvalue weighted by Crippen LogP contribution is -2.46. The minimum Gasteiger partial charge on any atom is -0.497 e. The first-order valence-corrected chi connectivity index (χ1v) is 13.8. The van der Waals surface area contributed by atoms with E-state index in [0.29, 0.717) is 22.6 Å². The largest absolute Gasteiger partial charge is 0.497 e. The summed E-state index contributed by atoms with van der Waals surface area (Å²) in [5.74, 6) is -0.0165. The van der Waals surface area contributed by atoms with Crippen LogP contribution >= 0.6 is 0 Å². The lowest BCUT2D eigenvalue weighted by molar-refractivity contribution is -0.127. The first-order chi connectivity index (χ1) is 20.3. The van der Waals surface area contributed by atoms with E-state index < -0.39 is 18.2 Å². The predicted octanol–water partition coefficient (Wildman–Crippen LogP) is 6.20. The maximum atomic E-state index is 13.8. The highest BCUT2D eigenvalue weighted by Crippen LogP contribution is 2.35. The van der Waals surface area contributed by atoms with E-state index in [1.807, 2.05) is 68.4 Å². The van der Waals surface area contributed by atoms with E-state index in [4.69, 9.17) is 9.47 Å². The van der Waals surface area contributed by atoms with Gasteiger partial charge in [0.25, 0.3) is 5.91 Å². The second-order valence-electron chi connectivity index (χ2n) is 10.3. The predicted molar refractivity (Wildman–Crippen MR) is 160 cm³/mol. The fraction of sp³-hybridized carbons (Fsp3) is 0.206. The molecule has 0 aliphatic carbocycles. The average Bonchev–Trinajstić information content (AvgIpc) is 3.34. The standard InChI is InChI=1S/C34H33N3O5/c1-22-12-14-24(15-13-22)21-37-30(33(39)35-23(2)25-8-5-4-6-9-25)31(42-34(37)40)26-16-18-28(19-17-26)36-32(38)27-10-7-11-29(20-27)41-3/h4-20,23,30-31H,21H2,1-3H3,(H,35,39)(H,36,38). The maximum absolute atomic E-state index is 13.8. The number of methoxy groups -OCH3 is 1. The van der Waals surface area contributed by atoms with Gasteiger partial charge in [-0.3, -0.25) is 14.5 Å². The molecule has 0 bridgehead atoms. The Hall–Kier alpha value is -5.11. The van der Waals surface area contributed by atoms with Gasteiger partial charge in [-0.05, 0) is 60.9 Å². The van der Waals surface area contributed by atoms with Crippen LogP contribution in [0, 0.1) is 6.92 Å². The van der Waals surface area contributed by atoms with Crippen molar-refractivity contribution in [2.75, 3.05) is 12.4 Å². The molecule has 3 atom stereocenters. The topological polar surface area (TPSA) is 97.0 Å². The molecule has 8 nitrogen and oxygen atoms in total. The van der Waals surface area contributed by atoms with Gasteiger partial charge >= 0.3 is 6.09 Å². The van der Waals surface area contributed by atoms with Gasteiger partial charge in [0.15, 0.2) is 12.1 Å². The molecular formula is C34H33N3O5. The van der Waals surface area contributed by atoms with E-state index in [0.717, 1.165) is 16.7 Å². The molecule has 0 saturated carbocycles. The number of nitrogens with one attached hydrogen (secondary N) is 2. The highest BCUT2D eigenvalue weighted by molar-refractivity contribution is 6.04. The molecule has 0 aromatic heterocycles. The number of amides is 3. The lowest BCUT2D eigenvalue weighted by Gasteiger charge is -2.26. The van der Waals surface area contributed by atoms with Crippen molar-refractivity contribution >= 4 is 23.6 Å². The van der Waals surface area contributed by atoms with Crippen molar-refractivity contribution in [3.63, 3.8) is 0 Å². The Kier molecular flexibility index (Phi) is 8.52. The van der Waals surface area contributed by atoms with E-state index >= 15 is 0 Å². The van der Waals surface area contributed by atoms with Crippen LogP contribution in [0.1, 0.15) is 51.7 Å². The number of anilines is 1. The Morgan fingerprint density at radius 1 is 0.929 bits per heavy atom. The fourth-order valence-electron chi connectivity index (χ4n) is 4.95. The van der Waals surface area contributed by atoms with Crippen LogP contribution in [0.3, 0.4) is 0 Å². The molecule has 4 aromatic carbocycles. The van der Waals surface area contributed by atoms with E-state index in [-0.39, 0.29) is 24.4 Å². The van der Waals surface area contributed by atoms with Crippen LogP contribution in [0.4, 0.5) is 10.5 Å². The molecule has 8 heteroatoms. The molecule has 1 saturated heterocycles. The third-order valence-corrected chi connectivity index (χ3v) is 7.31. The number of hydrogen-bond donors (Lipinski definition) is 2. The number of nitrogens with zero attached hydrogens (tertiary/aromatic N) is 1. The molecule has 0 radical (unpaired) electrons. The van der Waals surface area contributed by atoms with Crippen molar-refractivity contribution < 1.29 is 23.9 Å². The van der Waals surface area contributed by atoms with Crippen molar-refractivity contribution in [1.29, 1.82) is 0 Å². The average molecular weight is 564 g/mol. The van der Waals surface area contributed by atoms with Crippen LogP contribution in [0.2, 0.25) is 0 Å². The summed E-state index contributed by atoms with van der Waals surface area (Å²) in [7, 11) is 1.54. The molecule has 3 amide bonds. The molecule has 1 aliphatic rings. The Bertz CT molecular complexity index is 1550. The van der Waals surface area contributed by atoms with Crippen LogP contribution in [0.5, 0.6) is 5.75 Å². The Morgan fingerprint density at radius 2 is 1.64 bits per heavy atom. The van der Waals surface area contributed by atoms with E-state index in [1.54, 1.807) is 55.6 Å². The summed E-state index contributed by atoms with van der Waals surface area (Å²) < 4.78 is 11.0. The molecule has 0 spiro atoms. The van der Waals surface area contributed by atoms with Gasteiger partial charge in [-0.25, -0.2) is 4.79 Å². The molecule has 2 N–H and O–H groups in total. The quantitative estimate of drug-likeness (QED) is 0.253. The molecule has 5 rings (SSSR count). The van der Waals surface area contributed by atoms with Gasteiger partial charge in [0.1, 0.15) is 5.75 Å². The molecule has 1 fully saturated rings. The highest BCUT2D eigenvalue weighted by Gasteiger charge is 2.47. The van der Waals surface area contributed by atoms with Crippen LogP contribution in [-0.4, -0.2) is 36.0 Å². The van der Waals surface area contributed by atoms with Crippen molar-refractivity contribution in [2.24, 2.45) is 0 Å². The van der Waals surface area contributed by atoms with Crippen molar-refractivity contribution in [3.8, 4) is 5.75 Å². The molecule has 42 heavy (non-hydrogen) atoms. The third kappa shape index (κ3) is 6.44. The Labute approximate surface area is 245 Å². The minimum absolute atomic E-state index is 0.224. The smallest absolute Gasteiger partial charge is 0.411 e. The van der Waals surface area contributed by atoms with E-state index in [1.165, 1.54) is 4.90 Å². The minimum atomic E-state index is -0.901. The zero-order chi connectivity index (χ0) is 29.6. The van der Waals surface area contributed by atoms with Gasteiger partial charge in [-0.1, -0.05) is 78.4 Å². The third-order valence-electron chi connectivity index (χ3n) is 7.31. The Balaban J connectivity index is 1.38. The second-order valence-corrected chi connectivity index (χ2v) is 10.3. The first kappa shape index (κ1) is 28.4. The van der Waals surface area contributed by atoms with Gasteiger partial charge in [0, 0.05) is 11.3 Å². The summed E-state index contributed by atoms with van der Waals surface area (Å²) in [6, 6.07) is 30.1. The molecule has 1 aliphatic heterocycles. The number of carbonyl (C=O) groups excluding carboxylic acids is 3. The molecule has 4 aromatic rings. The zero-order valence-electron chi connectivity index (χ0n) is 23.7. The van der Waals surface area contributed by atoms with Crippen molar-refractivity contribution in [2.45, 2.75) is 38.6 Å². The first-order valence-electron chi connectivity index (χ1n) is 13.8. The molecule has 214 valence electrons. The summed E-state index contributed by atoms with van der Waals surface area (Å²) in [6.45, 7) is 4.13. The number of carbonyl (C=O) groups is 3. The van der Waals surface area contributed by atoms with Crippen LogP contribution in [0.15, 0.2) is 103 Å². The normalized spacial score (nSPS) is 16.8. The van der Waals surface area contributed by atoms with Crippen molar-refractivity contribution in [1.82, 2.24) is 10.2 Å². The number of ether oxygens (including phenoxy) is 2. The molecule has 3 unspecified atom stereocenters. The summed E-state index contributed by atoms with van der Waals surface area (Å²) in [5.41, 5.74) is 4.61. The van der Waals surface area contributed by atoms with Crippen LogP contribution < -0.4 is 15.4 Å².